The van der Waals surface area contributed by atoms with E-state index in [0.717, 1.165) is 0 Å². The van der Waals surface area contributed by atoms with Crippen LogP contribution < -0.4 is 5.73 Å². The van der Waals surface area contributed by atoms with Crippen LogP contribution in [0.2, 0.25) is 0 Å². The zero-order chi connectivity index (χ0) is 23.5. The van der Waals surface area contributed by atoms with Gasteiger partial charge in [0.1, 0.15) is 0 Å². The quantitative estimate of drug-likeness (QED) is 0.493. The fourth-order valence-electron chi connectivity index (χ4n) is 3.16. The minimum Gasteiger partial charge on any atom is -0.481 e. The molecule has 0 aliphatic carbocycles. The number of carboxylic acid groups (broad SMARTS) is 1. The molecule has 2 atom stereocenters. The van der Waals surface area contributed by atoms with Gasteiger partial charge in [0.25, 0.3) is 0 Å². The summed E-state index contributed by atoms with van der Waals surface area (Å²) in [4.78, 5) is 11.0. The number of benzene rings is 1. The summed E-state index contributed by atoms with van der Waals surface area (Å²) in [6.45, 7) is 1.39. The Morgan fingerprint density at radius 3 is 1.97 bits per heavy atom. The third kappa shape index (κ3) is 7.06. The van der Waals surface area contributed by atoms with Crippen molar-refractivity contribution in [2.45, 2.75) is 51.1 Å². The van der Waals surface area contributed by atoms with E-state index in [1.807, 2.05) is 0 Å². The standard InChI is InChI=1S/C18H20F9NO2/c1-9(5-11(8-28)15(29)30)3-2-4-10-6-12(16(19,20)21)7-13(17(22,23)24)14(10)18(25,26)27/h6-7,9,11H,2-5,8,28H2,1H3,(H,29,30). The van der Waals surface area contributed by atoms with Gasteiger partial charge in [-0.2, -0.15) is 39.5 Å². The monoisotopic (exact) mass is 453 g/mol. The molecule has 12 heteroatoms. The highest BCUT2D eigenvalue weighted by atomic mass is 19.4. The summed E-state index contributed by atoms with van der Waals surface area (Å²) in [5.41, 5.74) is -2.15. The zero-order valence-electron chi connectivity index (χ0n) is 15.7. The first-order valence-corrected chi connectivity index (χ1v) is 8.79. The fourth-order valence-corrected chi connectivity index (χ4v) is 3.16. The van der Waals surface area contributed by atoms with Gasteiger partial charge in [0, 0.05) is 6.54 Å². The fraction of sp³-hybridized carbons (Fsp3) is 0.611. The van der Waals surface area contributed by atoms with Crippen LogP contribution in [-0.4, -0.2) is 17.6 Å². The van der Waals surface area contributed by atoms with Crippen LogP contribution in [0, 0.1) is 11.8 Å². The summed E-state index contributed by atoms with van der Waals surface area (Å²) < 4.78 is 118. The summed E-state index contributed by atoms with van der Waals surface area (Å²) in [5.74, 6) is -2.44. The first kappa shape index (κ1) is 26.1. The number of hydrogen-bond acceptors (Lipinski definition) is 2. The highest BCUT2D eigenvalue weighted by Crippen LogP contribution is 2.45. The average molecular weight is 453 g/mol. The van der Waals surface area contributed by atoms with Gasteiger partial charge in [-0.05, 0) is 42.9 Å². The molecule has 0 aliphatic rings. The van der Waals surface area contributed by atoms with Crippen LogP contribution >= 0.6 is 0 Å². The van der Waals surface area contributed by atoms with Gasteiger partial charge in [-0.3, -0.25) is 4.79 Å². The van der Waals surface area contributed by atoms with Gasteiger partial charge in [0.15, 0.2) is 0 Å². The number of rotatable bonds is 8. The SMILES string of the molecule is CC(CCCc1cc(C(F)(F)F)cc(C(F)(F)F)c1C(F)(F)F)CC(CN)C(=O)O. The predicted molar refractivity (Wildman–Crippen MR) is 88.3 cm³/mol. The van der Waals surface area contributed by atoms with Gasteiger partial charge in [-0.15, -0.1) is 0 Å². The van der Waals surface area contributed by atoms with Gasteiger partial charge < -0.3 is 10.8 Å². The number of aliphatic carboxylic acids is 1. The van der Waals surface area contributed by atoms with E-state index in [0.29, 0.717) is 0 Å². The molecule has 0 aliphatic heterocycles. The van der Waals surface area contributed by atoms with Crippen molar-refractivity contribution in [3.63, 3.8) is 0 Å². The number of carboxylic acids is 1. The van der Waals surface area contributed by atoms with E-state index >= 15 is 0 Å². The molecule has 1 aromatic rings. The summed E-state index contributed by atoms with van der Waals surface area (Å²) in [6, 6.07) is -0.448. The number of alkyl halides is 9. The van der Waals surface area contributed by atoms with Crippen LogP contribution in [0.1, 0.15) is 48.4 Å². The van der Waals surface area contributed by atoms with Crippen molar-refractivity contribution in [3.8, 4) is 0 Å². The Morgan fingerprint density at radius 2 is 1.57 bits per heavy atom. The van der Waals surface area contributed by atoms with Crippen molar-refractivity contribution in [2.75, 3.05) is 6.54 Å². The molecule has 0 saturated heterocycles. The van der Waals surface area contributed by atoms with Crippen LogP contribution in [0.25, 0.3) is 0 Å². The molecule has 0 fully saturated rings. The van der Waals surface area contributed by atoms with Gasteiger partial charge in [0.2, 0.25) is 0 Å². The van der Waals surface area contributed by atoms with Crippen molar-refractivity contribution in [3.05, 3.63) is 34.4 Å². The summed E-state index contributed by atoms with van der Waals surface area (Å²) in [5, 5.41) is 8.95. The van der Waals surface area contributed by atoms with Crippen LogP contribution in [0.4, 0.5) is 39.5 Å². The predicted octanol–water partition coefficient (Wildman–Crippen LogP) is 5.75. The van der Waals surface area contributed by atoms with E-state index in [4.69, 9.17) is 10.8 Å². The number of carbonyl (C=O) groups is 1. The lowest BCUT2D eigenvalue weighted by molar-refractivity contribution is -0.164. The van der Waals surface area contributed by atoms with Crippen LogP contribution in [-0.2, 0) is 29.7 Å². The highest BCUT2D eigenvalue weighted by Gasteiger charge is 2.47. The smallest absolute Gasteiger partial charge is 0.417 e. The molecular formula is C18H20F9NO2. The molecule has 1 aromatic carbocycles. The molecule has 0 saturated carbocycles. The maximum absolute atomic E-state index is 13.3. The second kappa shape index (κ2) is 9.44. The molecule has 30 heavy (non-hydrogen) atoms. The largest absolute Gasteiger partial charge is 0.481 e. The average Bonchev–Trinajstić information content (AvgIpc) is 2.56. The summed E-state index contributed by atoms with van der Waals surface area (Å²) >= 11 is 0. The second-order valence-corrected chi connectivity index (χ2v) is 7.06. The normalized spacial score (nSPS) is 15.2. The highest BCUT2D eigenvalue weighted by molar-refractivity contribution is 5.70. The number of hydrogen-bond donors (Lipinski definition) is 2. The second-order valence-electron chi connectivity index (χ2n) is 7.06. The molecule has 0 bridgehead atoms. The maximum Gasteiger partial charge on any atom is 0.417 e. The molecule has 0 amide bonds. The van der Waals surface area contributed by atoms with Crippen molar-refractivity contribution in [1.29, 1.82) is 0 Å². The molecular weight excluding hydrogens is 433 g/mol. The molecule has 3 N–H and O–H groups in total. The summed E-state index contributed by atoms with van der Waals surface area (Å²) in [7, 11) is 0. The summed E-state index contributed by atoms with van der Waals surface area (Å²) in [6.07, 6.45) is -17.1. The van der Waals surface area contributed by atoms with Crippen molar-refractivity contribution in [1.82, 2.24) is 0 Å². The molecule has 0 radical (unpaired) electrons. The number of halogens is 9. The van der Waals surface area contributed by atoms with Crippen LogP contribution in [0.15, 0.2) is 12.1 Å². The van der Waals surface area contributed by atoms with Gasteiger partial charge in [0.05, 0.1) is 22.6 Å². The molecule has 172 valence electrons. The van der Waals surface area contributed by atoms with Crippen LogP contribution in [0.5, 0.6) is 0 Å². The number of nitrogens with two attached hydrogens (primary N) is 1. The van der Waals surface area contributed by atoms with E-state index < -0.39 is 65.2 Å². The lowest BCUT2D eigenvalue weighted by Crippen LogP contribution is -2.25. The van der Waals surface area contributed by atoms with E-state index in [9.17, 15) is 44.3 Å². The first-order chi connectivity index (χ1) is 13.5. The van der Waals surface area contributed by atoms with Gasteiger partial charge in [-0.1, -0.05) is 13.3 Å². The van der Waals surface area contributed by atoms with Crippen molar-refractivity contribution < 1.29 is 49.4 Å². The van der Waals surface area contributed by atoms with Crippen molar-refractivity contribution in [2.24, 2.45) is 17.6 Å². The van der Waals surface area contributed by atoms with Gasteiger partial charge in [-0.25, -0.2) is 0 Å². The molecule has 1 rings (SSSR count). The Labute approximate surface area is 166 Å². The lowest BCUT2D eigenvalue weighted by atomic mass is 9.89. The molecule has 0 aromatic heterocycles. The zero-order valence-corrected chi connectivity index (χ0v) is 15.7. The third-order valence-corrected chi connectivity index (χ3v) is 4.60. The maximum atomic E-state index is 13.3. The Bertz CT molecular complexity index is 739. The van der Waals surface area contributed by atoms with Crippen molar-refractivity contribution >= 4 is 5.97 Å². The Morgan fingerprint density at radius 1 is 1.00 bits per heavy atom. The minimum absolute atomic E-state index is 0.0777. The molecule has 0 spiro atoms. The van der Waals surface area contributed by atoms with E-state index in [-0.39, 0.29) is 37.8 Å². The molecule has 3 nitrogen and oxygen atoms in total. The molecule has 2 unspecified atom stereocenters. The van der Waals surface area contributed by atoms with E-state index in [1.165, 1.54) is 0 Å². The van der Waals surface area contributed by atoms with Gasteiger partial charge >= 0.3 is 24.5 Å². The van der Waals surface area contributed by atoms with Crippen LogP contribution in [0.3, 0.4) is 0 Å². The topological polar surface area (TPSA) is 63.3 Å². The van der Waals surface area contributed by atoms with E-state index in [1.54, 1.807) is 6.92 Å². The lowest BCUT2D eigenvalue weighted by Gasteiger charge is -2.22. The minimum atomic E-state index is -5.63. The van der Waals surface area contributed by atoms with E-state index in [2.05, 4.69) is 0 Å². The Kier molecular flexibility index (Phi) is 8.20. The third-order valence-electron chi connectivity index (χ3n) is 4.60. The first-order valence-electron chi connectivity index (χ1n) is 8.79. The molecule has 0 heterocycles. The Balaban J connectivity index is 3.22. The number of aryl methyl sites for hydroxylation is 1. The Hall–Kier alpha value is -1.98.